The van der Waals surface area contributed by atoms with Crippen LogP contribution in [0.5, 0.6) is 11.5 Å². The zero-order valence-corrected chi connectivity index (χ0v) is 12.0. The van der Waals surface area contributed by atoms with E-state index in [1.165, 1.54) is 5.32 Å². The molecule has 1 N–H and O–H groups in total. The molecule has 3 nitrogen and oxygen atoms in total. The molecule has 0 radical (unpaired) electrons. The standard InChI is InChI=1S/C15H8F7NO2/c16-8-1-4-10(5-2-8)25-12-6-3-9(7-11(12)14(17,18)19)23-13(24)15(20,21)22/h1-7H,(H,23,24). The van der Waals surface area contributed by atoms with E-state index in [2.05, 4.69) is 0 Å². The molecule has 25 heavy (non-hydrogen) atoms. The van der Waals surface area contributed by atoms with Crippen LogP contribution in [0.25, 0.3) is 0 Å². The average Bonchev–Trinajstić information content (AvgIpc) is 2.49. The Balaban J connectivity index is 2.34. The van der Waals surface area contributed by atoms with Crippen LogP contribution in [0.3, 0.4) is 0 Å². The second kappa shape index (κ2) is 6.61. The molecule has 0 bridgehead atoms. The lowest BCUT2D eigenvalue weighted by Gasteiger charge is -2.16. The number of carbonyl (C=O) groups excluding carboxylic acids is 1. The van der Waals surface area contributed by atoms with Gasteiger partial charge in [0.15, 0.2) is 0 Å². The van der Waals surface area contributed by atoms with Gasteiger partial charge in [0.2, 0.25) is 0 Å². The van der Waals surface area contributed by atoms with Gasteiger partial charge in [-0.05, 0) is 42.5 Å². The Kier molecular flexibility index (Phi) is 4.91. The second-order valence-electron chi connectivity index (χ2n) is 4.72. The fourth-order valence-corrected chi connectivity index (χ4v) is 1.75. The van der Waals surface area contributed by atoms with Gasteiger partial charge in [0, 0.05) is 5.69 Å². The lowest BCUT2D eigenvalue weighted by atomic mass is 10.1. The highest BCUT2D eigenvalue weighted by Crippen LogP contribution is 2.39. The van der Waals surface area contributed by atoms with Crippen LogP contribution in [0, 0.1) is 5.82 Å². The molecule has 0 atom stereocenters. The molecule has 2 aromatic carbocycles. The minimum atomic E-state index is -5.25. The number of ether oxygens (including phenoxy) is 1. The summed E-state index contributed by atoms with van der Waals surface area (Å²) in [5.41, 5.74) is -2.11. The SMILES string of the molecule is O=C(Nc1ccc(Oc2ccc(F)cc2)c(C(F)(F)F)c1)C(F)(F)F. The monoisotopic (exact) mass is 367 g/mol. The van der Waals surface area contributed by atoms with Crippen LogP contribution in [0.1, 0.15) is 5.56 Å². The van der Waals surface area contributed by atoms with Crippen molar-refractivity contribution < 1.29 is 40.3 Å². The highest BCUT2D eigenvalue weighted by Gasteiger charge is 2.39. The minimum Gasteiger partial charge on any atom is -0.457 e. The Morgan fingerprint density at radius 1 is 0.920 bits per heavy atom. The Morgan fingerprint density at radius 2 is 1.52 bits per heavy atom. The second-order valence-corrected chi connectivity index (χ2v) is 4.72. The molecule has 1 amide bonds. The molecule has 0 aromatic heterocycles. The summed E-state index contributed by atoms with van der Waals surface area (Å²) in [6, 6.07) is 5.95. The van der Waals surface area contributed by atoms with Crippen LogP contribution < -0.4 is 10.1 Å². The Morgan fingerprint density at radius 3 is 2.04 bits per heavy atom. The van der Waals surface area contributed by atoms with Gasteiger partial charge in [0.05, 0.1) is 0 Å². The Bertz CT molecular complexity index is 767. The van der Waals surface area contributed by atoms with Gasteiger partial charge in [-0.1, -0.05) is 0 Å². The van der Waals surface area contributed by atoms with Crippen molar-refractivity contribution >= 4 is 11.6 Å². The maximum Gasteiger partial charge on any atom is 0.471 e. The Labute approximate surface area is 136 Å². The number of hydrogen-bond acceptors (Lipinski definition) is 2. The molecule has 0 saturated carbocycles. The van der Waals surface area contributed by atoms with Gasteiger partial charge in [-0.15, -0.1) is 0 Å². The third-order valence-corrected chi connectivity index (χ3v) is 2.84. The normalized spacial score (nSPS) is 12.0. The number of hydrogen-bond donors (Lipinski definition) is 1. The highest BCUT2D eigenvalue weighted by molar-refractivity contribution is 5.95. The number of carbonyl (C=O) groups is 1. The summed E-state index contributed by atoms with van der Waals surface area (Å²) in [5, 5.41) is 1.32. The first-order chi connectivity index (χ1) is 11.5. The number of benzene rings is 2. The van der Waals surface area contributed by atoms with Crippen LogP contribution in [0.4, 0.5) is 36.4 Å². The maximum absolute atomic E-state index is 13.1. The zero-order chi connectivity index (χ0) is 18.8. The van der Waals surface area contributed by atoms with E-state index in [1.54, 1.807) is 0 Å². The molecule has 0 aliphatic carbocycles. The number of halogens is 7. The van der Waals surface area contributed by atoms with E-state index in [1.807, 2.05) is 0 Å². The van der Waals surface area contributed by atoms with E-state index in [0.717, 1.165) is 36.4 Å². The molecule has 0 saturated heterocycles. The first-order valence-corrected chi connectivity index (χ1v) is 6.49. The van der Waals surface area contributed by atoms with Gasteiger partial charge in [0.1, 0.15) is 22.9 Å². The van der Waals surface area contributed by atoms with Crippen molar-refractivity contribution in [3.63, 3.8) is 0 Å². The van der Waals surface area contributed by atoms with Gasteiger partial charge in [-0.25, -0.2) is 4.39 Å². The quantitative estimate of drug-likeness (QED) is 0.763. The van der Waals surface area contributed by atoms with Crippen LogP contribution >= 0.6 is 0 Å². The Hall–Kier alpha value is -2.78. The molecule has 0 fully saturated rings. The third kappa shape index (κ3) is 4.85. The first kappa shape index (κ1) is 18.6. The summed E-state index contributed by atoms with van der Waals surface area (Å²) >= 11 is 0. The molecule has 2 aromatic rings. The van der Waals surface area contributed by atoms with Crippen molar-refractivity contribution in [3.8, 4) is 11.5 Å². The van der Waals surface area contributed by atoms with Gasteiger partial charge < -0.3 is 10.1 Å². The van der Waals surface area contributed by atoms with E-state index in [0.29, 0.717) is 6.07 Å². The molecule has 134 valence electrons. The van der Waals surface area contributed by atoms with Crippen LogP contribution in [-0.2, 0) is 11.0 Å². The molecular weight excluding hydrogens is 359 g/mol. The van der Waals surface area contributed by atoms with Gasteiger partial charge in [-0.3, -0.25) is 4.79 Å². The maximum atomic E-state index is 13.1. The van der Waals surface area contributed by atoms with E-state index in [-0.39, 0.29) is 5.75 Å². The molecule has 0 spiro atoms. The molecule has 10 heteroatoms. The van der Waals surface area contributed by atoms with Crippen molar-refractivity contribution in [2.24, 2.45) is 0 Å². The van der Waals surface area contributed by atoms with E-state index >= 15 is 0 Å². The minimum absolute atomic E-state index is 0.112. The van der Waals surface area contributed by atoms with Crippen molar-refractivity contribution in [2.45, 2.75) is 12.4 Å². The lowest BCUT2D eigenvalue weighted by molar-refractivity contribution is -0.167. The summed E-state index contributed by atoms with van der Waals surface area (Å²) in [7, 11) is 0. The predicted octanol–water partition coefficient (Wildman–Crippen LogP) is 5.14. The molecule has 2 rings (SSSR count). The van der Waals surface area contributed by atoms with Crippen molar-refractivity contribution in [2.75, 3.05) is 5.32 Å². The molecule has 0 unspecified atom stereocenters. The van der Waals surface area contributed by atoms with Crippen LogP contribution in [-0.4, -0.2) is 12.1 Å². The highest BCUT2D eigenvalue weighted by atomic mass is 19.4. The van der Waals surface area contributed by atoms with E-state index < -0.39 is 41.1 Å². The predicted molar refractivity (Wildman–Crippen MR) is 72.6 cm³/mol. The summed E-state index contributed by atoms with van der Waals surface area (Å²) < 4.78 is 93.6. The van der Waals surface area contributed by atoms with Gasteiger partial charge in [-0.2, -0.15) is 26.3 Å². The summed E-state index contributed by atoms with van der Waals surface area (Å²) in [6.45, 7) is 0. The van der Waals surface area contributed by atoms with Gasteiger partial charge in [0.25, 0.3) is 0 Å². The van der Waals surface area contributed by atoms with Crippen molar-refractivity contribution in [3.05, 3.63) is 53.8 Å². The van der Waals surface area contributed by atoms with Crippen LogP contribution in [0.15, 0.2) is 42.5 Å². The fraction of sp³-hybridized carbons (Fsp3) is 0.133. The number of amides is 1. The average molecular weight is 367 g/mol. The fourth-order valence-electron chi connectivity index (χ4n) is 1.75. The topological polar surface area (TPSA) is 38.3 Å². The lowest BCUT2D eigenvalue weighted by Crippen LogP contribution is -2.30. The number of rotatable bonds is 3. The van der Waals surface area contributed by atoms with Crippen molar-refractivity contribution in [1.29, 1.82) is 0 Å². The number of alkyl halides is 6. The molecule has 0 aliphatic rings. The van der Waals surface area contributed by atoms with Gasteiger partial charge >= 0.3 is 18.3 Å². The summed E-state index contributed by atoms with van der Waals surface area (Å²) in [6.07, 6.45) is -10.2. The van der Waals surface area contributed by atoms with Crippen LogP contribution in [0.2, 0.25) is 0 Å². The largest absolute Gasteiger partial charge is 0.471 e. The van der Waals surface area contributed by atoms with E-state index in [4.69, 9.17) is 4.74 Å². The summed E-state index contributed by atoms with van der Waals surface area (Å²) in [4.78, 5) is 10.8. The number of nitrogens with one attached hydrogen (secondary N) is 1. The van der Waals surface area contributed by atoms with E-state index in [9.17, 15) is 35.5 Å². The third-order valence-electron chi connectivity index (χ3n) is 2.84. The smallest absolute Gasteiger partial charge is 0.457 e. The molecule has 0 heterocycles. The molecule has 0 aliphatic heterocycles. The first-order valence-electron chi connectivity index (χ1n) is 6.49. The zero-order valence-electron chi connectivity index (χ0n) is 12.0. The molecular formula is C15H8F7NO2. The van der Waals surface area contributed by atoms with Crippen molar-refractivity contribution in [1.82, 2.24) is 0 Å². The number of anilines is 1. The summed E-state index contributed by atoms with van der Waals surface area (Å²) in [5.74, 6) is -3.87.